The Kier molecular flexibility index (Phi) is 13.4. The van der Waals surface area contributed by atoms with Crippen molar-refractivity contribution in [3.05, 3.63) is 50.6 Å². The lowest BCUT2D eigenvalue weighted by atomic mass is 10.7. The zero-order valence-electron chi connectivity index (χ0n) is 11.7. The van der Waals surface area contributed by atoms with Crippen molar-refractivity contribution in [3.8, 4) is 0 Å². The second kappa shape index (κ2) is 12.6. The molecule has 0 aliphatic heterocycles. The summed E-state index contributed by atoms with van der Waals surface area (Å²) in [6, 6.07) is 0. The standard InChI is InChI=1S/C12H20O2P2S5/c1-5-9-13-15(17,19-11-7-3)21-16(18,14-10-6-2)20-12-8-4/h5-8H,1-4,9-12H2. The molecule has 21 heavy (non-hydrogen) atoms. The van der Waals surface area contributed by atoms with Gasteiger partial charge in [-0.05, 0) is 34.6 Å². The lowest BCUT2D eigenvalue weighted by Gasteiger charge is -2.26. The molecule has 0 radical (unpaired) electrons. The van der Waals surface area contributed by atoms with Crippen LogP contribution in [0.2, 0.25) is 0 Å². The molecule has 0 saturated carbocycles. The smallest absolute Gasteiger partial charge is 0.182 e. The maximum atomic E-state index is 5.84. The van der Waals surface area contributed by atoms with Crippen LogP contribution in [-0.2, 0) is 32.7 Å². The van der Waals surface area contributed by atoms with Crippen LogP contribution in [0.1, 0.15) is 0 Å². The number of rotatable bonds is 14. The molecule has 0 saturated heterocycles. The van der Waals surface area contributed by atoms with E-state index in [0.717, 1.165) is 11.5 Å². The van der Waals surface area contributed by atoms with Gasteiger partial charge in [-0.2, -0.15) is 0 Å². The van der Waals surface area contributed by atoms with Crippen LogP contribution in [0.25, 0.3) is 0 Å². The summed E-state index contributed by atoms with van der Waals surface area (Å²) in [5.41, 5.74) is 0. The third-order valence-corrected chi connectivity index (χ3v) is 24.8. The normalized spacial score (nSPS) is 16.4. The molecule has 0 aromatic rings. The summed E-state index contributed by atoms with van der Waals surface area (Å²) in [7, 11) is 0. The predicted octanol–water partition coefficient (Wildman–Crippen LogP) is 6.41. The van der Waals surface area contributed by atoms with Crippen LogP contribution in [0.3, 0.4) is 0 Å². The minimum absolute atomic E-state index is 0.414. The topological polar surface area (TPSA) is 18.5 Å². The van der Waals surface area contributed by atoms with Crippen LogP contribution in [0.4, 0.5) is 0 Å². The van der Waals surface area contributed by atoms with Gasteiger partial charge in [-0.15, -0.1) is 26.3 Å². The third kappa shape index (κ3) is 10.6. The average molecular weight is 419 g/mol. The van der Waals surface area contributed by atoms with Gasteiger partial charge in [0.1, 0.15) is 0 Å². The van der Waals surface area contributed by atoms with E-state index in [2.05, 4.69) is 26.3 Å². The van der Waals surface area contributed by atoms with E-state index in [-0.39, 0.29) is 0 Å². The molecule has 0 heterocycles. The summed E-state index contributed by atoms with van der Waals surface area (Å²) in [5, 5.41) is 0. The Morgan fingerprint density at radius 2 is 1.14 bits per heavy atom. The summed E-state index contributed by atoms with van der Waals surface area (Å²) in [4.78, 5) is 0. The van der Waals surface area contributed by atoms with Crippen LogP contribution in [0.5, 0.6) is 0 Å². The molecule has 0 aliphatic carbocycles. The highest BCUT2D eigenvalue weighted by molar-refractivity contribution is 9.23. The van der Waals surface area contributed by atoms with E-state index in [4.69, 9.17) is 32.7 Å². The molecule has 9 heteroatoms. The Hall–Kier alpha value is 1.23. The fourth-order valence-corrected chi connectivity index (χ4v) is 30.5. The highest BCUT2D eigenvalue weighted by Gasteiger charge is 2.30. The van der Waals surface area contributed by atoms with Gasteiger partial charge in [0.25, 0.3) is 0 Å². The van der Waals surface area contributed by atoms with Gasteiger partial charge in [0, 0.05) is 11.5 Å². The van der Waals surface area contributed by atoms with E-state index in [9.17, 15) is 0 Å². The van der Waals surface area contributed by atoms with E-state index in [0.29, 0.717) is 13.2 Å². The molecular weight excluding hydrogens is 398 g/mol. The van der Waals surface area contributed by atoms with Gasteiger partial charge < -0.3 is 9.05 Å². The molecule has 0 amide bonds. The molecule has 0 fully saturated rings. The zero-order valence-corrected chi connectivity index (χ0v) is 17.6. The minimum atomic E-state index is -2.20. The van der Waals surface area contributed by atoms with Crippen LogP contribution in [0, 0.1) is 0 Å². The molecule has 0 N–H and O–H groups in total. The van der Waals surface area contributed by atoms with E-state index in [1.807, 2.05) is 12.2 Å². The van der Waals surface area contributed by atoms with Gasteiger partial charge in [-0.3, -0.25) is 0 Å². The van der Waals surface area contributed by atoms with E-state index < -0.39 is 9.34 Å². The van der Waals surface area contributed by atoms with Gasteiger partial charge >= 0.3 is 0 Å². The first kappa shape index (κ1) is 22.2. The van der Waals surface area contributed by atoms with Crippen molar-refractivity contribution >= 4 is 66.7 Å². The van der Waals surface area contributed by atoms with Crippen LogP contribution >= 0.6 is 43.1 Å². The summed E-state index contributed by atoms with van der Waals surface area (Å²) in [5.74, 6) is 1.45. The number of hydrogen-bond acceptors (Lipinski definition) is 7. The second-order valence-corrected chi connectivity index (χ2v) is 23.9. The van der Waals surface area contributed by atoms with E-state index in [1.54, 1.807) is 34.9 Å². The molecule has 2 unspecified atom stereocenters. The Labute approximate surface area is 150 Å². The minimum Gasteiger partial charge on any atom is -0.329 e. The van der Waals surface area contributed by atoms with Crippen molar-refractivity contribution in [2.24, 2.45) is 0 Å². The van der Waals surface area contributed by atoms with Gasteiger partial charge in [-0.25, -0.2) is 0 Å². The first-order chi connectivity index (χ1) is 9.95. The lowest BCUT2D eigenvalue weighted by molar-refractivity contribution is 0.418. The van der Waals surface area contributed by atoms with Gasteiger partial charge in [0.15, 0.2) is 9.34 Å². The highest BCUT2D eigenvalue weighted by Crippen LogP contribution is 2.87. The van der Waals surface area contributed by atoms with Gasteiger partial charge in [-0.1, -0.05) is 47.1 Å². The van der Waals surface area contributed by atoms with Crippen molar-refractivity contribution in [1.29, 1.82) is 0 Å². The molecule has 120 valence electrons. The Morgan fingerprint density at radius 1 is 0.762 bits per heavy atom. The zero-order chi connectivity index (χ0) is 16.2. The molecule has 0 spiro atoms. The third-order valence-electron chi connectivity index (χ3n) is 1.60. The lowest BCUT2D eigenvalue weighted by Crippen LogP contribution is -1.88. The van der Waals surface area contributed by atoms with Crippen molar-refractivity contribution < 1.29 is 9.05 Å². The molecule has 0 aliphatic rings. The Morgan fingerprint density at radius 3 is 1.43 bits per heavy atom. The van der Waals surface area contributed by atoms with Gasteiger partial charge in [0.05, 0.1) is 13.2 Å². The fourth-order valence-electron chi connectivity index (χ4n) is 0.867. The monoisotopic (exact) mass is 418 g/mol. The molecule has 0 bridgehead atoms. The molecule has 2 nitrogen and oxygen atoms in total. The maximum Gasteiger partial charge on any atom is 0.182 e. The molecule has 0 aromatic heterocycles. The van der Waals surface area contributed by atoms with Crippen LogP contribution in [-0.4, -0.2) is 24.7 Å². The quantitative estimate of drug-likeness (QED) is 0.236. The van der Waals surface area contributed by atoms with Crippen molar-refractivity contribution in [1.82, 2.24) is 0 Å². The van der Waals surface area contributed by atoms with E-state index in [1.165, 1.54) is 11.0 Å². The second-order valence-electron chi connectivity index (χ2n) is 3.31. The molecule has 0 aromatic carbocycles. The van der Waals surface area contributed by atoms with Crippen molar-refractivity contribution in [2.45, 2.75) is 0 Å². The highest BCUT2D eigenvalue weighted by atomic mass is 33.5. The summed E-state index contributed by atoms with van der Waals surface area (Å²) in [6.45, 7) is 15.6. The first-order valence-corrected chi connectivity index (χ1v) is 16.5. The van der Waals surface area contributed by atoms with Crippen molar-refractivity contribution in [2.75, 3.05) is 24.7 Å². The van der Waals surface area contributed by atoms with Crippen LogP contribution < -0.4 is 0 Å². The average Bonchev–Trinajstić information content (AvgIpc) is 2.47. The Bertz CT molecular complexity index is 381. The SMILES string of the molecule is C=CCOP(=S)(SCC=C)SP(=S)(OCC=C)SCC=C. The summed E-state index contributed by atoms with van der Waals surface area (Å²) in [6.07, 6.45) is 7.02. The largest absolute Gasteiger partial charge is 0.329 e. The number of hydrogen-bond donors (Lipinski definition) is 0. The summed E-state index contributed by atoms with van der Waals surface area (Å²) < 4.78 is 7.28. The summed E-state index contributed by atoms with van der Waals surface area (Å²) >= 11 is 16.1. The Balaban J connectivity index is 5.06. The fraction of sp³-hybridized carbons (Fsp3) is 0.333. The first-order valence-electron chi connectivity index (χ1n) is 5.88. The predicted molar refractivity (Wildman–Crippen MR) is 114 cm³/mol. The molecule has 0 rings (SSSR count). The molecular formula is C12H20O2P2S5. The van der Waals surface area contributed by atoms with Crippen molar-refractivity contribution in [3.63, 3.8) is 0 Å². The molecule has 2 atom stereocenters. The van der Waals surface area contributed by atoms with Gasteiger partial charge in [0.2, 0.25) is 0 Å². The van der Waals surface area contributed by atoms with E-state index >= 15 is 0 Å². The maximum absolute atomic E-state index is 5.84. The van der Waals surface area contributed by atoms with Crippen LogP contribution in [0.15, 0.2) is 50.6 Å².